The molecule has 1 atom stereocenters. The lowest BCUT2D eigenvalue weighted by Gasteiger charge is -2.34. The first kappa shape index (κ1) is 11.9. The summed E-state index contributed by atoms with van der Waals surface area (Å²) in [5.74, 6) is -0.182. The van der Waals surface area contributed by atoms with Gasteiger partial charge in [0.15, 0.2) is 5.60 Å². The molecule has 2 rings (SSSR count). The maximum atomic E-state index is 11.7. The third-order valence-electron chi connectivity index (χ3n) is 2.71. The SMILES string of the molecule is CC1(OC(N)=O)CNC(=O)c2ccc(Br)cc21. The van der Waals surface area contributed by atoms with Crippen molar-refractivity contribution < 1.29 is 14.3 Å². The van der Waals surface area contributed by atoms with Crippen LogP contribution >= 0.6 is 15.9 Å². The fourth-order valence-electron chi connectivity index (χ4n) is 1.90. The molecule has 3 N–H and O–H groups in total. The minimum absolute atomic E-state index is 0.182. The Bertz CT molecular complexity index is 503. The molecule has 0 fully saturated rings. The highest BCUT2D eigenvalue weighted by Crippen LogP contribution is 2.33. The number of primary amides is 1. The van der Waals surface area contributed by atoms with Crippen molar-refractivity contribution in [1.29, 1.82) is 0 Å². The van der Waals surface area contributed by atoms with Crippen LogP contribution in [-0.2, 0) is 10.3 Å². The Morgan fingerprint density at radius 3 is 2.94 bits per heavy atom. The first-order valence-electron chi connectivity index (χ1n) is 4.99. The van der Waals surface area contributed by atoms with Gasteiger partial charge in [-0.1, -0.05) is 15.9 Å². The number of fused-ring (bicyclic) bond motifs is 1. The molecule has 90 valence electrons. The lowest BCUT2D eigenvalue weighted by Crippen LogP contribution is -2.48. The number of amides is 2. The minimum atomic E-state index is -0.932. The topological polar surface area (TPSA) is 81.4 Å². The molecule has 2 amide bonds. The second kappa shape index (κ2) is 4.03. The molecular weight excluding hydrogens is 288 g/mol. The summed E-state index contributed by atoms with van der Waals surface area (Å²) in [4.78, 5) is 22.6. The molecule has 0 aliphatic carbocycles. The van der Waals surface area contributed by atoms with E-state index in [4.69, 9.17) is 10.5 Å². The predicted molar refractivity (Wildman–Crippen MR) is 64.5 cm³/mol. The van der Waals surface area contributed by atoms with Gasteiger partial charge in [-0.15, -0.1) is 0 Å². The zero-order valence-electron chi connectivity index (χ0n) is 9.12. The van der Waals surface area contributed by atoms with Crippen LogP contribution in [-0.4, -0.2) is 18.5 Å². The number of benzene rings is 1. The second-order valence-corrected chi connectivity index (χ2v) is 4.94. The molecule has 0 saturated heterocycles. The molecular formula is C11H11BrN2O3. The van der Waals surface area contributed by atoms with E-state index >= 15 is 0 Å². The van der Waals surface area contributed by atoms with Gasteiger partial charge in [0.25, 0.3) is 5.91 Å². The van der Waals surface area contributed by atoms with Crippen LogP contribution < -0.4 is 11.1 Å². The summed E-state index contributed by atoms with van der Waals surface area (Å²) >= 11 is 3.32. The average molecular weight is 299 g/mol. The average Bonchev–Trinajstić information content (AvgIpc) is 2.23. The van der Waals surface area contributed by atoms with Crippen molar-refractivity contribution >= 4 is 27.9 Å². The smallest absolute Gasteiger partial charge is 0.405 e. The number of nitrogens with one attached hydrogen (secondary N) is 1. The van der Waals surface area contributed by atoms with E-state index in [2.05, 4.69) is 21.2 Å². The van der Waals surface area contributed by atoms with Gasteiger partial charge in [0.1, 0.15) is 0 Å². The lowest BCUT2D eigenvalue weighted by atomic mass is 9.87. The monoisotopic (exact) mass is 298 g/mol. The first-order chi connectivity index (χ1) is 7.92. The Kier molecular flexibility index (Phi) is 2.82. The van der Waals surface area contributed by atoms with E-state index in [9.17, 15) is 9.59 Å². The van der Waals surface area contributed by atoms with Gasteiger partial charge >= 0.3 is 6.09 Å². The second-order valence-electron chi connectivity index (χ2n) is 4.02. The molecule has 5 nitrogen and oxygen atoms in total. The zero-order valence-corrected chi connectivity index (χ0v) is 10.7. The Morgan fingerprint density at radius 1 is 1.59 bits per heavy atom. The van der Waals surface area contributed by atoms with E-state index in [1.165, 1.54) is 0 Å². The van der Waals surface area contributed by atoms with Gasteiger partial charge in [-0.2, -0.15) is 0 Å². The molecule has 0 spiro atoms. The molecule has 1 aliphatic heterocycles. The van der Waals surface area contributed by atoms with E-state index < -0.39 is 11.7 Å². The van der Waals surface area contributed by atoms with E-state index in [1.54, 1.807) is 25.1 Å². The molecule has 17 heavy (non-hydrogen) atoms. The third kappa shape index (κ3) is 2.12. The summed E-state index contributed by atoms with van der Waals surface area (Å²) in [6.07, 6.45) is -0.866. The van der Waals surface area contributed by atoms with Gasteiger partial charge in [-0.3, -0.25) is 4.79 Å². The molecule has 1 aromatic carbocycles. The van der Waals surface area contributed by atoms with Crippen LogP contribution in [0, 0.1) is 0 Å². The maximum Gasteiger partial charge on any atom is 0.405 e. The molecule has 1 unspecified atom stereocenters. The van der Waals surface area contributed by atoms with Crippen molar-refractivity contribution in [2.45, 2.75) is 12.5 Å². The van der Waals surface area contributed by atoms with Gasteiger partial charge in [-0.05, 0) is 25.1 Å². The number of hydrogen-bond acceptors (Lipinski definition) is 3. The highest BCUT2D eigenvalue weighted by molar-refractivity contribution is 9.10. The number of hydrogen-bond donors (Lipinski definition) is 2. The molecule has 0 bridgehead atoms. The van der Waals surface area contributed by atoms with Crippen LogP contribution in [0.15, 0.2) is 22.7 Å². The fourth-order valence-corrected chi connectivity index (χ4v) is 2.27. The molecule has 1 aliphatic rings. The molecule has 0 saturated carbocycles. The first-order valence-corrected chi connectivity index (χ1v) is 5.78. The van der Waals surface area contributed by atoms with Gasteiger partial charge in [0, 0.05) is 15.6 Å². The van der Waals surface area contributed by atoms with Gasteiger partial charge in [0.05, 0.1) is 6.54 Å². The summed E-state index contributed by atoms with van der Waals surface area (Å²) in [7, 11) is 0. The Balaban J connectivity index is 2.54. The summed E-state index contributed by atoms with van der Waals surface area (Å²) < 4.78 is 5.92. The van der Waals surface area contributed by atoms with Crippen molar-refractivity contribution in [3.8, 4) is 0 Å². The molecule has 0 aromatic heterocycles. The number of rotatable bonds is 1. The van der Waals surface area contributed by atoms with Crippen molar-refractivity contribution in [2.24, 2.45) is 5.73 Å². The minimum Gasteiger partial charge on any atom is -0.437 e. The normalized spacial score (nSPS) is 22.6. The highest BCUT2D eigenvalue weighted by atomic mass is 79.9. The summed E-state index contributed by atoms with van der Waals surface area (Å²) in [5.41, 5.74) is 5.26. The van der Waals surface area contributed by atoms with Crippen molar-refractivity contribution in [2.75, 3.05) is 6.54 Å². The van der Waals surface area contributed by atoms with Crippen LogP contribution in [0.4, 0.5) is 4.79 Å². The predicted octanol–water partition coefficient (Wildman–Crippen LogP) is 1.50. The van der Waals surface area contributed by atoms with Crippen LogP contribution in [0.3, 0.4) is 0 Å². The number of halogens is 1. The largest absolute Gasteiger partial charge is 0.437 e. The van der Waals surface area contributed by atoms with E-state index in [0.717, 1.165) is 4.47 Å². The number of carbonyl (C=O) groups is 2. The standard InChI is InChI=1S/C11H11BrN2O3/c1-11(17-10(13)16)5-14-9(15)7-3-2-6(12)4-8(7)11/h2-4H,5H2,1H3,(H2,13,16)(H,14,15). The van der Waals surface area contributed by atoms with Crippen molar-refractivity contribution in [3.05, 3.63) is 33.8 Å². The maximum absolute atomic E-state index is 11.7. The van der Waals surface area contributed by atoms with E-state index in [-0.39, 0.29) is 12.5 Å². The Morgan fingerprint density at radius 2 is 2.29 bits per heavy atom. The quantitative estimate of drug-likeness (QED) is 0.824. The van der Waals surface area contributed by atoms with Gasteiger partial charge < -0.3 is 15.8 Å². The molecule has 0 radical (unpaired) electrons. The molecule has 1 heterocycles. The van der Waals surface area contributed by atoms with Gasteiger partial charge in [-0.25, -0.2) is 4.79 Å². The Labute approximate surface area is 106 Å². The summed E-state index contributed by atoms with van der Waals surface area (Å²) in [6.45, 7) is 1.92. The lowest BCUT2D eigenvalue weighted by molar-refractivity contribution is 0.0219. The van der Waals surface area contributed by atoms with E-state index in [1.807, 2.05) is 0 Å². The number of carbonyl (C=O) groups excluding carboxylic acids is 2. The van der Waals surface area contributed by atoms with Crippen LogP contribution in [0.5, 0.6) is 0 Å². The highest BCUT2D eigenvalue weighted by Gasteiger charge is 2.38. The summed E-state index contributed by atoms with van der Waals surface area (Å²) in [5, 5.41) is 2.67. The number of nitrogens with two attached hydrogens (primary N) is 1. The van der Waals surface area contributed by atoms with Crippen molar-refractivity contribution in [3.63, 3.8) is 0 Å². The number of ether oxygens (including phenoxy) is 1. The molecule has 1 aromatic rings. The van der Waals surface area contributed by atoms with Crippen LogP contribution in [0.2, 0.25) is 0 Å². The zero-order chi connectivity index (χ0) is 12.6. The van der Waals surface area contributed by atoms with Crippen molar-refractivity contribution in [1.82, 2.24) is 5.32 Å². The van der Waals surface area contributed by atoms with Crippen LogP contribution in [0.1, 0.15) is 22.8 Å². The summed E-state index contributed by atoms with van der Waals surface area (Å²) in [6, 6.07) is 5.20. The fraction of sp³-hybridized carbons (Fsp3) is 0.273. The molecule has 6 heteroatoms. The van der Waals surface area contributed by atoms with Gasteiger partial charge in [0.2, 0.25) is 0 Å². The van der Waals surface area contributed by atoms with E-state index in [0.29, 0.717) is 11.1 Å². The van der Waals surface area contributed by atoms with Crippen LogP contribution in [0.25, 0.3) is 0 Å². The third-order valence-corrected chi connectivity index (χ3v) is 3.20. The Hall–Kier alpha value is -1.56.